The Labute approximate surface area is 70.4 Å². The van der Waals surface area contributed by atoms with E-state index >= 15 is 0 Å². The van der Waals surface area contributed by atoms with Crippen LogP contribution in [0.25, 0.3) is 0 Å². The molecule has 0 aliphatic heterocycles. The number of ether oxygens (including phenoxy) is 1. The van der Waals surface area contributed by atoms with Gasteiger partial charge in [-0.05, 0) is 12.3 Å². The van der Waals surface area contributed by atoms with Gasteiger partial charge < -0.3 is 4.74 Å². The maximum atomic E-state index is 5.24. The summed E-state index contributed by atoms with van der Waals surface area (Å²) in [4.78, 5) is 0. The van der Waals surface area contributed by atoms with Gasteiger partial charge in [0.05, 0.1) is 6.10 Å². The minimum Gasteiger partial charge on any atom is -0.377 e. The molecule has 1 nitrogen and oxygen atoms in total. The SMILES string of the molecule is C=CC(OC)C(C)CCCC. The summed E-state index contributed by atoms with van der Waals surface area (Å²) < 4.78 is 5.24. The average molecular weight is 156 g/mol. The van der Waals surface area contributed by atoms with E-state index in [9.17, 15) is 0 Å². The molecule has 0 radical (unpaired) electrons. The summed E-state index contributed by atoms with van der Waals surface area (Å²) in [6.07, 6.45) is 5.91. The Morgan fingerprint density at radius 2 is 2.18 bits per heavy atom. The zero-order chi connectivity index (χ0) is 8.69. The topological polar surface area (TPSA) is 9.23 Å². The monoisotopic (exact) mass is 156 g/mol. The summed E-state index contributed by atoms with van der Waals surface area (Å²) in [7, 11) is 1.74. The van der Waals surface area contributed by atoms with E-state index in [-0.39, 0.29) is 6.10 Å². The summed E-state index contributed by atoms with van der Waals surface area (Å²) in [5.74, 6) is 0.609. The summed E-state index contributed by atoms with van der Waals surface area (Å²) in [6, 6.07) is 0. The lowest BCUT2D eigenvalue weighted by Gasteiger charge is -2.18. The molecule has 0 bridgehead atoms. The second-order valence-corrected chi connectivity index (χ2v) is 3.06. The molecule has 0 amide bonds. The third kappa shape index (κ3) is 4.20. The minimum absolute atomic E-state index is 0.238. The fourth-order valence-corrected chi connectivity index (χ4v) is 1.25. The van der Waals surface area contributed by atoms with Gasteiger partial charge in [0.25, 0.3) is 0 Å². The van der Waals surface area contributed by atoms with Crippen LogP contribution in [0.15, 0.2) is 12.7 Å². The van der Waals surface area contributed by atoms with Crippen LogP contribution in [-0.2, 0) is 4.74 Å². The average Bonchev–Trinajstić information content (AvgIpc) is 2.03. The van der Waals surface area contributed by atoms with Crippen molar-refractivity contribution < 1.29 is 4.74 Å². The maximum absolute atomic E-state index is 5.24. The first-order valence-corrected chi connectivity index (χ1v) is 4.41. The molecule has 0 N–H and O–H groups in total. The maximum Gasteiger partial charge on any atom is 0.0774 e. The molecule has 0 aliphatic carbocycles. The lowest BCUT2D eigenvalue weighted by molar-refractivity contribution is 0.0922. The van der Waals surface area contributed by atoms with Crippen molar-refractivity contribution in [2.24, 2.45) is 5.92 Å². The normalized spacial score (nSPS) is 15.9. The van der Waals surface area contributed by atoms with Gasteiger partial charge >= 0.3 is 0 Å². The highest BCUT2D eigenvalue weighted by molar-refractivity contribution is 4.83. The number of hydrogen-bond donors (Lipinski definition) is 0. The Balaban J connectivity index is 3.59. The number of unbranched alkanes of at least 4 members (excludes halogenated alkanes) is 1. The highest BCUT2D eigenvalue weighted by Gasteiger charge is 2.11. The van der Waals surface area contributed by atoms with Crippen molar-refractivity contribution in [3.05, 3.63) is 12.7 Å². The first-order valence-electron chi connectivity index (χ1n) is 4.41. The Hall–Kier alpha value is -0.300. The van der Waals surface area contributed by atoms with E-state index in [4.69, 9.17) is 4.74 Å². The van der Waals surface area contributed by atoms with Gasteiger partial charge in [-0.2, -0.15) is 0 Å². The van der Waals surface area contributed by atoms with Crippen molar-refractivity contribution in [1.29, 1.82) is 0 Å². The van der Waals surface area contributed by atoms with Crippen molar-refractivity contribution in [2.45, 2.75) is 39.2 Å². The van der Waals surface area contributed by atoms with Crippen LogP contribution < -0.4 is 0 Å². The molecule has 0 aromatic heterocycles. The Bertz CT molecular complexity index is 99.0. The van der Waals surface area contributed by atoms with E-state index in [1.807, 2.05) is 6.08 Å². The molecule has 0 saturated heterocycles. The number of methoxy groups -OCH3 is 1. The van der Waals surface area contributed by atoms with Crippen molar-refractivity contribution >= 4 is 0 Å². The van der Waals surface area contributed by atoms with Gasteiger partial charge in [0, 0.05) is 7.11 Å². The molecule has 0 fully saturated rings. The Morgan fingerprint density at radius 1 is 1.55 bits per heavy atom. The standard InChI is InChI=1S/C10H20O/c1-5-7-8-9(3)10(6-2)11-4/h6,9-10H,2,5,7-8H2,1,3-4H3. The van der Waals surface area contributed by atoms with Gasteiger partial charge in [-0.25, -0.2) is 0 Å². The van der Waals surface area contributed by atoms with E-state index < -0.39 is 0 Å². The van der Waals surface area contributed by atoms with Crippen LogP contribution in [0.2, 0.25) is 0 Å². The fourth-order valence-electron chi connectivity index (χ4n) is 1.25. The van der Waals surface area contributed by atoms with Crippen molar-refractivity contribution in [3.63, 3.8) is 0 Å². The third-order valence-electron chi connectivity index (χ3n) is 2.08. The van der Waals surface area contributed by atoms with E-state index in [2.05, 4.69) is 20.4 Å². The van der Waals surface area contributed by atoms with Crippen LogP contribution in [0, 0.1) is 5.92 Å². The van der Waals surface area contributed by atoms with Gasteiger partial charge in [0.15, 0.2) is 0 Å². The zero-order valence-corrected chi connectivity index (χ0v) is 7.97. The van der Waals surface area contributed by atoms with Crippen molar-refractivity contribution in [2.75, 3.05) is 7.11 Å². The van der Waals surface area contributed by atoms with Gasteiger partial charge in [0.1, 0.15) is 0 Å². The van der Waals surface area contributed by atoms with Gasteiger partial charge in [-0.1, -0.05) is 32.8 Å². The molecule has 0 heterocycles. The molecule has 0 aliphatic rings. The molecular weight excluding hydrogens is 136 g/mol. The summed E-state index contributed by atoms with van der Waals surface area (Å²) in [5, 5.41) is 0. The van der Waals surface area contributed by atoms with Crippen molar-refractivity contribution in [1.82, 2.24) is 0 Å². The summed E-state index contributed by atoms with van der Waals surface area (Å²) in [5.41, 5.74) is 0. The highest BCUT2D eigenvalue weighted by atomic mass is 16.5. The number of hydrogen-bond acceptors (Lipinski definition) is 1. The molecule has 2 atom stereocenters. The predicted octanol–water partition coefficient (Wildman–Crippen LogP) is 3.01. The van der Waals surface area contributed by atoms with E-state index in [1.165, 1.54) is 19.3 Å². The molecule has 2 unspecified atom stereocenters. The molecule has 0 rings (SSSR count). The minimum atomic E-state index is 0.238. The fraction of sp³-hybridized carbons (Fsp3) is 0.800. The molecule has 1 heteroatoms. The molecule has 66 valence electrons. The van der Waals surface area contributed by atoms with Crippen LogP contribution in [0.3, 0.4) is 0 Å². The molecule has 0 saturated carbocycles. The molecule has 0 aromatic carbocycles. The van der Waals surface area contributed by atoms with Gasteiger partial charge in [-0.15, -0.1) is 6.58 Å². The highest BCUT2D eigenvalue weighted by Crippen LogP contribution is 2.14. The first-order chi connectivity index (χ1) is 5.26. The van der Waals surface area contributed by atoms with E-state index in [0.717, 1.165) is 0 Å². The van der Waals surface area contributed by atoms with E-state index in [1.54, 1.807) is 7.11 Å². The Morgan fingerprint density at radius 3 is 2.55 bits per heavy atom. The quantitative estimate of drug-likeness (QED) is 0.537. The predicted molar refractivity (Wildman–Crippen MR) is 49.7 cm³/mol. The van der Waals surface area contributed by atoms with Crippen LogP contribution >= 0.6 is 0 Å². The van der Waals surface area contributed by atoms with Gasteiger partial charge in [0.2, 0.25) is 0 Å². The second kappa shape index (κ2) is 6.41. The Kier molecular flexibility index (Phi) is 6.24. The van der Waals surface area contributed by atoms with Crippen LogP contribution in [-0.4, -0.2) is 13.2 Å². The van der Waals surface area contributed by atoms with Crippen LogP contribution in [0.5, 0.6) is 0 Å². The lowest BCUT2D eigenvalue weighted by atomic mass is 9.98. The molecular formula is C10H20O. The lowest BCUT2D eigenvalue weighted by Crippen LogP contribution is -2.17. The summed E-state index contributed by atoms with van der Waals surface area (Å²) in [6.45, 7) is 8.16. The first kappa shape index (κ1) is 10.7. The van der Waals surface area contributed by atoms with E-state index in [0.29, 0.717) is 5.92 Å². The number of rotatable bonds is 6. The van der Waals surface area contributed by atoms with Crippen LogP contribution in [0.1, 0.15) is 33.1 Å². The van der Waals surface area contributed by atoms with Crippen LogP contribution in [0.4, 0.5) is 0 Å². The van der Waals surface area contributed by atoms with Gasteiger partial charge in [-0.3, -0.25) is 0 Å². The zero-order valence-electron chi connectivity index (χ0n) is 7.97. The second-order valence-electron chi connectivity index (χ2n) is 3.06. The summed E-state index contributed by atoms with van der Waals surface area (Å²) >= 11 is 0. The third-order valence-corrected chi connectivity index (χ3v) is 2.08. The molecule has 0 spiro atoms. The van der Waals surface area contributed by atoms with Crippen molar-refractivity contribution in [3.8, 4) is 0 Å². The largest absolute Gasteiger partial charge is 0.377 e. The molecule has 0 aromatic rings. The molecule has 11 heavy (non-hydrogen) atoms. The smallest absolute Gasteiger partial charge is 0.0774 e.